The summed E-state index contributed by atoms with van der Waals surface area (Å²) in [5, 5.41) is 15.6. The summed E-state index contributed by atoms with van der Waals surface area (Å²) in [7, 11) is 0. The number of nitrogens with zero attached hydrogens (tertiary/aromatic N) is 1. The quantitative estimate of drug-likeness (QED) is 0.371. The molecular formula is C24H21N3O5. The van der Waals surface area contributed by atoms with E-state index < -0.39 is 11.9 Å². The van der Waals surface area contributed by atoms with Gasteiger partial charge in [0.25, 0.3) is 5.91 Å². The summed E-state index contributed by atoms with van der Waals surface area (Å²) in [4.78, 5) is 34.4. The van der Waals surface area contributed by atoms with Crippen molar-refractivity contribution in [2.24, 2.45) is 5.10 Å². The zero-order valence-electron chi connectivity index (χ0n) is 17.2. The van der Waals surface area contributed by atoms with Gasteiger partial charge in [-0.2, -0.15) is 5.10 Å². The summed E-state index contributed by atoms with van der Waals surface area (Å²) in [5.74, 6) is -1.08. The molecule has 0 fully saturated rings. The molecule has 3 aromatic carbocycles. The Morgan fingerprint density at radius 3 is 2.44 bits per heavy atom. The van der Waals surface area contributed by atoms with Crippen LogP contribution >= 0.6 is 0 Å². The number of rotatable bonds is 8. The molecule has 8 nitrogen and oxygen atoms in total. The Balaban J connectivity index is 1.62. The minimum Gasteiger partial charge on any atom is -0.488 e. The van der Waals surface area contributed by atoms with E-state index in [1.807, 2.05) is 12.1 Å². The molecule has 32 heavy (non-hydrogen) atoms. The number of hydrogen-bond donors (Lipinski definition) is 3. The first-order valence-corrected chi connectivity index (χ1v) is 9.67. The Hall–Kier alpha value is -4.46. The summed E-state index contributed by atoms with van der Waals surface area (Å²) in [6.45, 7) is 1.63. The number of carboxylic acids is 1. The van der Waals surface area contributed by atoms with E-state index in [-0.39, 0.29) is 18.1 Å². The second-order valence-electron chi connectivity index (χ2n) is 6.79. The Morgan fingerprint density at radius 1 is 0.969 bits per heavy atom. The van der Waals surface area contributed by atoms with Crippen LogP contribution in [0.3, 0.4) is 0 Å². The minimum absolute atomic E-state index is 0.208. The number of amides is 2. The van der Waals surface area contributed by atoms with Crippen molar-refractivity contribution in [3.8, 4) is 5.75 Å². The van der Waals surface area contributed by atoms with Crippen molar-refractivity contribution in [2.45, 2.75) is 13.5 Å². The third-order valence-corrected chi connectivity index (χ3v) is 4.33. The van der Waals surface area contributed by atoms with Crippen LogP contribution in [0.15, 0.2) is 77.9 Å². The smallest absolute Gasteiger partial charge is 0.335 e. The van der Waals surface area contributed by atoms with Crippen molar-refractivity contribution in [3.63, 3.8) is 0 Å². The summed E-state index contributed by atoms with van der Waals surface area (Å²) >= 11 is 0. The summed E-state index contributed by atoms with van der Waals surface area (Å²) in [5.41, 5.74) is 5.00. The summed E-state index contributed by atoms with van der Waals surface area (Å²) in [6.07, 6.45) is 1.47. The van der Waals surface area contributed by atoms with E-state index in [2.05, 4.69) is 15.8 Å². The highest BCUT2D eigenvalue weighted by Crippen LogP contribution is 2.18. The van der Waals surface area contributed by atoms with Crippen LogP contribution in [0.25, 0.3) is 0 Å². The van der Waals surface area contributed by atoms with Gasteiger partial charge in [-0.05, 0) is 48.0 Å². The maximum atomic E-state index is 12.3. The maximum absolute atomic E-state index is 12.3. The Kier molecular flexibility index (Phi) is 7.32. The predicted octanol–water partition coefficient (Wildman–Crippen LogP) is 3.69. The fourth-order valence-electron chi connectivity index (χ4n) is 2.79. The van der Waals surface area contributed by atoms with E-state index in [9.17, 15) is 14.4 Å². The van der Waals surface area contributed by atoms with Crippen LogP contribution in [-0.2, 0) is 11.4 Å². The molecule has 2 amide bonds. The topological polar surface area (TPSA) is 117 Å². The standard InChI is InChI=1S/C24H21N3O5/c1-16(28)26-21-7-4-6-19(13-21)23(29)27-25-14-20-5-2-3-8-22(20)32-15-17-9-11-18(12-10-17)24(30)31/h2-14H,15H2,1H3,(H,26,28)(H,27,29)(H,30,31). The number of hydrogen-bond acceptors (Lipinski definition) is 5. The first-order valence-electron chi connectivity index (χ1n) is 9.67. The van der Waals surface area contributed by atoms with Gasteiger partial charge in [0.1, 0.15) is 12.4 Å². The number of hydrazone groups is 1. The Morgan fingerprint density at radius 2 is 1.72 bits per heavy atom. The van der Waals surface area contributed by atoms with Crippen LogP contribution in [0.5, 0.6) is 5.75 Å². The fraction of sp³-hybridized carbons (Fsp3) is 0.0833. The van der Waals surface area contributed by atoms with Gasteiger partial charge in [-0.25, -0.2) is 10.2 Å². The average molecular weight is 431 g/mol. The van der Waals surface area contributed by atoms with Crippen molar-refractivity contribution in [1.82, 2.24) is 5.43 Å². The molecule has 0 unspecified atom stereocenters. The molecule has 3 aromatic rings. The third kappa shape index (κ3) is 6.27. The van der Waals surface area contributed by atoms with Crippen molar-refractivity contribution < 1.29 is 24.2 Å². The second kappa shape index (κ2) is 10.5. The van der Waals surface area contributed by atoms with Crippen molar-refractivity contribution >= 4 is 29.7 Å². The van der Waals surface area contributed by atoms with Crippen LogP contribution in [0.2, 0.25) is 0 Å². The molecule has 0 radical (unpaired) electrons. The molecular weight excluding hydrogens is 410 g/mol. The molecule has 0 aliphatic heterocycles. The molecule has 0 aromatic heterocycles. The fourth-order valence-corrected chi connectivity index (χ4v) is 2.79. The normalized spacial score (nSPS) is 10.5. The van der Waals surface area contributed by atoms with Gasteiger partial charge in [0.15, 0.2) is 0 Å². The van der Waals surface area contributed by atoms with E-state index in [4.69, 9.17) is 9.84 Å². The lowest BCUT2D eigenvalue weighted by Gasteiger charge is -2.09. The highest BCUT2D eigenvalue weighted by Gasteiger charge is 2.07. The number of anilines is 1. The first kappa shape index (κ1) is 22.2. The molecule has 0 aliphatic carbocycles. The lowest BCUT2D eigenvalue weighted by molar-refractivity contribution is -0.114. The van der Waals surface area contributed by atoms with Gasteiger partial charge in [-0.3, -0.25) is 9.59 Å². The van der Waals surface area contributed by atoms with Gasteiger partial charge in [-0.1, -0.05) is 30.3 Å². The lowest BCUT2D eigenvalue weighted by atomic mass is 10.1. The van der Waals surface area contributed by atoms with Gasteiger partial charge in [-0.15, -0.1) is 0 Å². The molecule has 3 rings (SSSR count). The largest absolute Gasteiger partial charge is 0.488 e. The summed E-state index contributed by atoms with van der Waals surface area (Å²) < 4.78 is 5.83. The number of ether oxygens (including phenoxy) is 1. The van der Waals surface area contributed by atoms with E-state index in [1.54, 1.807) is 48.5 Å². The van der Waals surface area contributed by atoms with Crippen LogP contribution in [0.4, 0.5) is 5.69 Å². The minimum atomic E-state index is -0.983. The molecule has 0 atom stereocenters. The predicted molar refractivity (Wildman–Crippen MR) is 120 cm³/mol. The number of aromatic carboxylic acids is 1. The monoisotopic (exact) mass is 431 g/mol. The van der Waals surface area contributed by atoms with Gasteiger partial charge >= 0.3 is 5.97 Å². The van der Waals surface area contributed by atoms with Crippen molar-refractivity contribution in [2.75, 3.05) is 5.32 Å². The molecule has 0 bridgehead atoms. The molecule has 0 heterocycles. The van der Waals surface area contributed by atoms with E-state index in [1.165, 1.54) is 25.3 Å². The van der Waals surface area contributed by atoms with Crippen LogP contribution in [-0.4, -0.2) is 29.1 Å². The number of benzene rings is 3. The van der Waals surface area contributed by atoms with E-state index in [0.717, 1.165) is 5.56 Å². The number of para-hydroxylation sites is 1. The first-order chi connectivity index (χ1) is 15.4. The van der Waals surface area contributed by atoms with E-state index in [0.29, 0.717) is 22.6 Å². The van der Waals surface area contributed by atoms with Crippen LogP contribution in [0, 0.1) is 0 Å². The molecule has 3 N–H and O–H groups in total. The molecule has 8 heteroatoms. The van der Waals surface area contributed by atoms with Crippen LogP contribution < -0.4 is 15.5 Å². The van der Waals surface area contributed by atoms with Gasteiger partial charge in [0.2, 0.25) is 5.91 Å². The zero-order valence-corrected chi connectivity index (χ0v) is 17.2. The van der Waals surface area contributed by atoms with E-state index >= 15 is 0 Å². The summed E-state index contributed by atoms with van der Waals surface area (Å²) in [6, 6.07) is 20.1. The SMILES string of the molecule is CC(=O)Nc1cccc(C(=O)NN=Cc2ccccc2OCc2ccc(C(=O)O)cc2)c1. The molecule has 0 saturated carbocycles. The Bertz CT molecular complexity index is 1160. The second-order valence-corrected chi connectivity index (χ2v) is 6.79. The van der Waals surface area contributed by atoms with Crippen molar-refractivity contribution in [3.05, 3.63) is 95.1 Å². The number of carbonyl (C=O) groups is 3. The van der Waals surface area contributed by atoms with Gasteiger partial charge in [0.05, 0.1) is 11.8 Å². The molecule has 162 valence electrons. The maximum Gasteiger partial charge on any atom is 0.335 e. The van der Waals surface area contributed by atoms with Crippen molar-refractivity contribution in [1.29, 1.82) is 0 Å². The molecule has 0 aliphatic rings. The number of nitrogens with one attached hydrogen (secondary N) is 2. The average Bonchev–Trinajstić information content (AvgIpc) is 2.78. The highest BCUT2D eigenvalue weighted by atomic mass is 16.5. The third-order valence-electron chi connectivity index (χ3n) is 4.33. The Labute approximate surface area is 184 Å². The number of carboxylic acid groups (broad SMARTS) is 1. The van der Waals surface area contributed by atoms with Crippen LogP contribution in [0.1, 0.15) is 38.8 Å². The van der Waals surface area contributed by atoms with Gasteiger partial charge in [0, 0.05) is 23.7 Å². The van der Waals surface area contributed by atoms with Gasteiger partial charge < -0.3 is 15.2 Å². The zero-order chi connectivity index (χ0) is 22.9. The molecule has 0 spiro atoms. The molecule has 0 saturated heterocycles. The highest BCUT2D eigenvalue weighted by molar-refractivity contribution is 5.97. The lowest BCUT2D eigenvalue weighted by Crippen LogP contribution is -2.18. The number of carbonyl (C=O) groups excluding carboxylic acids is 2.